The van der Waals surface area contributed by atoms with Crippen LogP contribution in [-0.2, 0) is 18.7 Å². The third kappa shape index (κ3) is 6.47. The number of phenols is 1. The molecule has 0 saturated carbocycles. The predicted octanol–water partition coefficient (Wildman–Crippen LogP) is 6.09. The zero-order chi connectivity index (χ0) is 38.5. The summed E-state index contributed by atoms with van der Waals surface area (Å²) in [6.07, 6.45) is -0.341. The Kier molecular flexibility index (Phi) is 10.3. The number of benzene rings is 4. The normalized spacial score (nSPS) is 21.6. The third-order valence-corrected chi connectivity index (χ3v) is 16.8. The van der Waals surface area contributed by atoms with E-state index in [1.54, 1.807) is 12.1 Å². The molecule has 278 valence electrons. The highest BCUT2D eigenvalue weighted by Crippen LogP contribution is 2.53. The van der Waals surface area contributed by atoms with E-state index in [1.165, 1.54) is 31.4 Å². The van der Waals surface area contributed by atoms with Crippen LogP contribution in [0.5, 0.6) is 11.5 Å². The second-order valence-electron chi connectivity index (χ2n) is 15.0. The van der Waals surface area contributed by atoms with Crippen LogP contribution >= 0.6 is 22.6 Å². The smallest absolute Gasteiger partial charge is 0.487 e. The number of carbonyl (C=O) groups excluding carboxylic acids is 2. The molecule has 0 radical (unpaired) electrons. The van der Waals surface area contributed by atoms with Gasteiger partial charge in [0.05, 0.1) is 45.8 Å². The fourth-order valence-corrected chi connectivity index (χ4v) is 13.8. The number of anilines is 1. The van der Waals surface area contributed by atoms with E-state index in [2.05, 4.69) is 45.0 Å². The fourth-order valence-electron chi connectivity index (χ4n) is 8.65. The fraction of sp³-hybridized carbons (Fsp3) is 0.300. The van der Waals surface area contributed by atoms with Gasteiger partial charge in [-0.3, -0.25) is 19.7 Å². The quantitative estimate of drug-likeness (QED) is 0.0671. The Morgan fingerprint density at radius 2 is 1.61 bits per heavy atom. The Labute approximate surface area is 328 Å². The minimum absolute atomic E-state index is 0.0246. The van der Waals surface area contributed by atoms with E-state index in [-0.39, 0.29) is 47.4 Å². The van der Waals surface area contributed by atoms with Gasteiger partial charge in [0.25, 0.3) is 14.0 Å². The van der Waals surface area contributed by atoms with Crippen LogP contribution in [0.2, 0.25) is 5.04 Å². The number of non-ortho nitro benzene ring substituents is 1. The number of rotatable bonds is 9. The number of nitro benzene ring substituents is 1. The van der Waals surface area contributed by atoms with Crippen molar-refractivity contribution in [3.05, 3.63) is 127 Å². The van der Waals surface area contributed by atoms with Gasteiger partial charge in [-0.15, -0.1) is 0 Å². The van der Waals surface area contributed by atoms with Crippen molar-refractivity contribution in [1.82, 2.24) is 0 Å². The number of nitro groups is 1. The van der Waals surface area contributed by atoms with Crippen molar-refractivity contribution in [2.24, 2.45) is 17.8 Å². The van der Waals surface area contributed by atoms with Crippen molar-refractivity contribution in [1.29, 1.82) is 0 Å². The summed E-state index contributed by atoms with van der Waals surface area (Å²) in [6, 6.07) is 29.2. The van der Waals surface area contributed by atoms with Crippen LogP contribution < -0.4 is 20.0 Å². The summed E-state index contributed by atoms with van der Waals surface area (Å²) in [5, 5.41) is 36.0. The first kappa shape index (κ1) is 37.9. The maximum Gasteiger partial charge on any atom is 0.487 e. The Morgan fingerprint density at radius 3 is 2.20 bits per heavy atom. The molecule has 0 unspecified atom stereocenters. The molecule has 1 aliphatic carbocycles. The number of nitrogens with zero attached hydrogens (tertiary/aromatic N) is 2. The molecular formula is C40H40BIN2O9Si. The zero-order valence-corrected chi connectivity index (χ0v) is 33.4. The Hall–Kier alpha value is -4.35. The van der Waals surface area contributed by atoms with Crippen LogP contribution in [0.1, 0.15) is 45.3 Å². The Morgan fingerprint density at radius 1 is 0.963 bits per heavy atom. The molecule has 2 amide bonds. The number of imide groups is 1. The summed E-state index contributed by atoms with van der Waals surface area (Å²) >= 11 is 2.00. The number of carbonyl (C=O) groups is 2. The van der Waals surface area contributed by atoms with Crippen molar-refractivity contribution in [3.8, 4) is 11.5 Å². The number of amides is 2. The largest absolute Gasteiger partial charge is 0.504 e. The van der Waals surface area contributed by atoms with Crippen molar-refractivity contribution < 1.29 is 38.5 Å². The van der Waals surface area contributed by atoms with Crippen molar-refractivity contribution in [2.75, 3.05) is 18.6 Å². The molecule has 4 aromatic rings. The molecule has 54 heavy (non-hydrogen) atoms. The molecule has 11 nitrogen and oxygen atoms in total. The summed E-state index contributed by atoms with van der Waals surface area (Å²) in [5.41, 5.74) is 1.74. The molecule has 0 bridgehead atoms. The lowest BCUT2D eigenvalue weighted by Crippen LogP contribution is -2.66. The number of fused-ring (bicyclic) bond motifs is 3. The van der Waals surface area contributed by atoms with Crippen molar-refractivity contribution in [3.63, 3.8) is 0 Å². The van der Waals surface area contributed by atoms with Crippen molar-refractivity contribution >= 4 is 71.6 Å². The van der Waals surface area contributed by atoms with Crippen LogP contribution in [0.15, 0.2) is 108 Å². The molecular weight excluding hydrogens is 818 g/mol. The standard InChI is InChI=1S/C40H40BIN2O9Si/c1-40(2,3)54(28-14-7-5-8-15-28,29-16-9-6-10-17-29)52-23-25-18-31-35(39(47)43(38(31)46)26-12-11-13-27(21-26)44(49)50)30-22-33(53-41(48)36(25)30)24-19-32(42)37(45)34(20-24)51-4/h5-17,19-21,30-31,33,35,45,48H,18,22-23H2,1-4H3/t30-,31-,33-,35+/m0/s1. The summed E-state index contributed by atoms with van der Waals surface area (Å²) in [6.45, 7) is 6.59. The van der Waals surface area contributed by atoms with E-state index >= 15 is 0 Å². The first-order valence-corrected chi connectivity index (χ1v) is 20.7. The highest BCUT2D eigenvalue weighted by molar-refractivity contribution is 14.1. The SMILES string of the molecule is COc1cc([C@@H]2C[C@@H]3C(=C(CO[Si](c4ccccc4)(c4ccccc4)C(C)(C)C)C[C@@H]4C(=O)N(c5cccc([N+](=O)[O-])c5)C(=O)[C@@H]43)B(O)O2)cc(I)c1O. The summed E-state index contributed by atoms with van der Waals surface area (Å²) < 4.78 is 19.6. The summed E-state index contributed by atoms with van der Waals surface area (Å²) in [7, 11) is -3.05. The van der Waals surface area contributed by atoms with Gasteiger partial charge in [0.2, 0.25) is 11.8 Å². The van der Waals surface area contributed by atoms with Gasteiger partial charge in [0.15, 0.2) is 11.5 Å². The number of methoxy groups -OCH3 is 1. The minimum atomic E-state index is -3.07. The summed E-state index contributed by atoms with van der Waals surface area (Å²) in [4.78, 5) is 41.0. The molecule has 7 rings (SSSR count). The molecule has 2 fully saturated rings. The molecule has 0 aromatic heterocycles. The van der Waals surface area contributed by atoms with Crippen molar-refractivity contribution in [2.45, 2.75) is 44.8 Å². The van der Waals surface area contributed by atoms with E-state index < -0.39 is 56.0 Å². The van der Waals surface area contributed by atoms with Gasteiger partial charge in [-0.1, -0.05) is 87.5 Å². The van der Waals surface area contributed by atoms with Gasteiger partial charge < -0.3 is 23.9 Å². The van der Waals surface area contributed by atoms with Crippen LogP contribution in [0.4, 0.5) is 11.4 Å². The molecule has 14 heteroatoms. The Balaban J connectivity index is 1.34. The summed E-state index contributed by atoms with van der Waals surface area (Å²) in [5.74, 6) is -3.01. The molecule has 2 saturated heterocycles. The van der Waals surface area contributed by atoms with Gasteiger partial charge in [0.1, 0.15) is 0 Å². The lowest BCUT2D eigenvalue weighted by Gasteiger charge is -2.45. The van der Waals surface area contributed by atoms with Gasteiger partial charge in [-0.2, -0.15) is 0 Å². The third-order valence-electron chi connectivity index (χ3n) is 11.0. The molecule has 2 aliphatic heterocycles. The highest BCUT2D eigenvalue weighted by Gasteiger charge is 2.59. The number of hydrogen-bond donors (Lipinski definition) is 2. The maximum absolute atomic E-state index is 14.5. The van der Waals surface area contributed by atoms with E-state index in [1.807, 2.05) is 59.0 Å². The Bertz CT molecular complexity index is 2110. The predicted molar refractivity (Wildman–Crippen MR) is 215 cm³/mol. The van der Waals surface area contributed by atoms with E-state index in [0.29, 0.717) is 20.2 Å². The number of halogens is 1. The molecule has 4 aromatic carbocycles. The number of ether oxygens (including phenoxy) is 1. The van der Waals surface area contributed by atoms with Crippen LogP contribution in [-0.4, -0.2) is 56.0 Å². The number of allylic oxidation sites excluding steroid dienone is 1. The van der Waals surface area contributed by atoms with Gasteiger partial charge in [-0.05, 0) is 91.6 Å². The monoisotopic (exact) mass is 858 g/mol. The molecule has 2 heterocycles. The topological polar surface area (TPSA) is 149 Å². The van der Waals surface area contributed by atoms with Crippen LogP contribution in [0.25, 0.3) is 0 Å². The maximum atomic E-state index is 14.5. The lowest BCUT2D eigenvalue weighted by molar-refractivity contribution is -0.384. The second-order valence-corrected chi connectivity index (χ2v) is 20.5. The average Bonchev–Trinajstić information content (AvgIpc) is 3.41. The van der Waals surface area contributed by atoms with Gasteiger partial charge in [-0.25, -0.2) is 4.90 Å². The average molecular weight is 859 g/mol. The minimum Gasteiger partial charge on any atom is -0.504 e. The second kappa shape index (κ2) is 14.7. The van der Waals surface area contributed by atoms with E-state index in [4.69, 9.17) is 13.8 Å². The van der Waals surface area contributed by atoms with Crippen LogP contribution in [0, 0.1) is 31.4 Å². The number of phenolic OH excluding ortho intramolecular Hbond substituents is 1. The van der Waals surface area contributed by atoms with E-state index in [0.717, 1.165) is 15.3 Å². The molecule has 0 spiro atoms. The molecule has 3 aliphatic rings. The number of hydrogen-bond acceptors (Lipinski definition) is 9. The highest BCUT2D eigenvalue weighted by atomic mass is 127. The molecule has 4 atom stereocenters. The zero-order valence-electron chi connectivity index (χ0n) is 30.3. The number of aromatic hydroxyl groups is 1. The lowest BCUT2D eigenvalue weighted by atomic mass is 9.55. The van der Waals surface area contributed by atoms with Crippen LogP contribution in [0.3, 0.4) is 0 Å². The van der Waals surface area contributed by atoms with Gasteiger partial charge in [0, 0.05) is 12.1 Å². The molecule has 2 N–H and O–H groups in total. The van der Waals surface area contributed by atoms with Gasteiger partial charge >= 0.3 is 7.12 Å². The first-order chi connectivity index (χ1) is 25.8. The first-order valence-electron chi connectivity index (χ1n) is 17.8. The van der Waals surface area contributed by atoms with E-state index in [9.17, 15) is 29.8 Å².